The van der Waals surface area contributed by atoms with Crippen LogP contribution in [0.2, 0.25) is 0 Å². The Morgan fingerprint density at radius 1 is 0.896 bits per heavy atom. The molecule has 17 heteroatoms. The molecule has 12 rings (SSSR count). The van der Waals surface area contributed by atoms with Crippen LogP contribution < -0.4 is 25.9 Å². The number of amides is 3. The van der Waals surface area contributed by atoms with Gasteiger partial charge >= 0.3 is 5.97 Å². The molecule has 9 heterocycles. The van der Waals surface area contributed by atoms with Gasteiger partial charge in [-0.25, -0.2) is 5.43 Å². The SMILES string of the molecule is CCn1c(-c2cc(N3CCN(C)CC3)cnc2C(C)C)c2c3cc(ccc31)N1CCO[C@@H](C[C@H](NC(=O)[C@H](C3CCCC3)N3CC[C@]4(CCN(C(=O)[C@@H]5N[C@@H]5C5CC5)C4)C3)C(=O)N3CCC[C@H](N3)C(=O)OCC(C)(C)C2)C1. The molecule has 7 atom stereocenters. The number of morpholine rings is 1. The summed E-state index contributed by atoms with van der Waals surface area (Å²) in [4.78, 5) is 75.3. The zero-order valence-corrected chi connectivity index (χ0v) is 47.0. The molecule has 3 aromatic rings. The van der Waals surface area contributed by atoms with Crippen molar-refractivity contribution in [2.45, 2.75) is 160 Å². The predicted molar refractivity (Wildman–Crippen MR) is 298 cm³/mol. The molecule has 0 radical (unpaired) electrons. The summed E-state index contributed by atoms with van der Waals surface area (Å²) < 4.78 is 15.4. The van der Waals surface area contributed by atoms with Crippen LogP contribution in [0.5, 0.6) is 0 Å². The standard InChI is InChI=1S/C60H87N11O6/c1-7-70-49-17-16-41-29-44(49)46(54(70)45-30-42(33-61-50(45)38(2)3)66-25-23-65(6)24-26-66)32-59(4,5)37-77-58(75)47-13-10-20-71(64-47)56(73)48(31-43-34-67(41)27-28-76-43)62-55(72)53(40-11-8-9-12-40)68-21-18-60(35-68)19-22-69(36-60)57(74)52-51(63-52)39-14-15-39/h16-17,29-30,33,38-40,43,47-48,51-53,63-64H,7-15,18-28,31-32,34-37H2,1-6H3,(H,62,72)/t43-,47-,48-,51+,52+,53-,60-/m0/s1. The summed E-state index contributed by atoms with van der Waals surface area (Å²) in [5.41, 5.74) is 10.8. The number of ether oxygens (including phenoxy) is 2. The van der Waals surface area contributed by atoms with E-state index in [9.17, 15) is 9.59 Å². The molecule has 8 fully saturated rings. The van der Waals surface area contributed by atoms with Gasteiger partial charge in [-0.2, -0.15) is 0 Å². The largest absolute Gasteiger partial charge is 0.464 e. The summed E-state index contributed by atoms with van der Waals surface area (Å²) in [6, 6.07) is 7.61. The molecule has 2 saturated carbocycles. The smallest absolute Gasteiger partial charge is 0.324 e. The highest BCUT2D eigenvalue weighted by molar-refractivity contribution is 5.95. The Morgan fingerprint density at radius 3 is 2.45 bits per heavy atom. The Hall–Kier alpha value is -4.81. The fourth-order valence-electron chi connectivity index (χ4n) is 14.9. The lowest BCUT2D eigenvalue weighted by molar-refractivity contribution is -0.156. The Kier molecular flexibility index (Phi) is 14.7. The van der Waals surface area contributed by atoms with E-state index < -0.39 is 17.5 Å². The molecule has 6 bridgehead atoms. The average molecular weight is 1060 g/mol. The van der Waals surface area contributed by atoms with Gasteiger partial charge in [0.15, 0.2) is 0 Å². The number of fused-ring (bicyclic) bond motifs is 6. The van der Waals surface area contributed by atoms with E-state index in [2.05, 4.69) is 117 Å². The maximum atomic E-state index is 15.3. The van der Waals surface area contributed by atoms with Crippen LogP contribution in [0.1, 0.15) is 122 Å². The van der Waals surface area contributed by atoms with Gasteiger partial charge in [0.1, 0.15) is 18.1 Å². The van der Waals surface area contributed by atoms with Gasteiger partial charge in [0.25, 0.3) is 5.91 Å². The number of nitrogens with zero attached hydrogens (tertiary/aromatic N) is 8. The monoisotopic (exact) mass is 1060 g/mol. The molecule has 0 unspecified atom stereocenters. The van der Waals surface area contributed by atoms with Gasteiger partial charge in [0, 0.05) is 117 Å². The predicted octanol–water partition coefficient (Wildman–Crippen LogP) is 5.53. The van der Waals surface area contributed by atoms with Crippen molar-refractivity contribution in [1.82, 2.24) is 45.3 Å². The van der Waals surface area contributed by atoms with E-state index in [1.165, 1.54) is 29.5 Å². The van der Waals surface area contributed by atoms with Crippen LogP contribution in [-0.4, -0.2) is 182 Å². The molecule has 418 valence electrons. The van der Waals surface area contributed by atoms with E-state index in [1.54, 1.807) is 5.01 Å². The van der Waals surface area contributed by atoms with Crippen molar-refractivity contribution in [2.24, 2.45) is 22.7 Å². The molecule has 7 aliphatic heterocycles. The second-order valence-corrected chi connectivity index (χ2v) is 26.1. The maximum absolute atomic E-state index is 15.3. The Labute approximate surface area is 456 Å². The third-order valence-electron chi connectivity index (χ3n) is 19.4. The summed E-state index contributed by atoms with van der Waals surface area (Å²) in [6.45, 7) is 21.2. The van der Waals surface area contributed by atoms with Gasteiger partial charge in [0.2, 0.25) is 11.8 Å². The highest BCUT2D eigenvalue weighted by atomic mass is 16.5. The molecule has 2 aliphatic carbocycles. The van der Waals surface area contributed by atoms with Crippen LogP contribution in [0.3, 0.4) is 0 Å². The van der Waals surface area contributed by atoms with Crippen LogP contribution in [0, 0.1) is 22.7 Å². The number of carbonyl (C=O) groups excluding carboxylic acids is 4. The van der Waals surface area contributed by atoms with Gasteiger partial charge in [-0.3, -0.25) is 39.4 Å². The molecular formula is C60H87N11O6. The molecule has 77 heavy (non-hydrogen) atoms. The van der Waals surface area contributed by atoms with Crippen LogP contribution in [0.15, 0.2) is 30.5 Å². The highest BCUT2D eigenvalue weighted by Gasteiger charge is 2.55. The van der Waals surface area contributed by atoms with Crippen molar-refractivity contribution < 1.29 is 28.7 Å². The third-order valence-corrected chi connectivity index (χ3v) is 19.4. The second-order valence-electron chi connectivity index (χ2n) is 26.1. The number of carbonyl (C=O) groups is 4. The van der Waals surface area contributed by atoms with Gasteiger partial charge in [-0.15, -0.1) is 0 Å². The number of cyclic esters (lactones) is 1. The molecule has 1 spiro atoms. The lowest BCUT2D eigenvalue weighted by Crippen LogP contribution is -2.62. The zero-order valence-electron chi connectivity index (χ0n) is 47.0. The number of benzene rings is 1. The average Bonchev–Trinajstić information content (AvgIpc) is 4.42. The minimum atomic E-state index is -0.890. The zero-order chi connectivity index (χ0) is 53.3. The van der Waals surface area contributed by atoms with Crippen molar-refractivity contribution in [3.05, 3.63) is 41.7 Å². The van der Waals surface area contributed by atoms with E-state index >= 15 is 9.59 Å². The van der Waals surface area contributed by atoms with Crippen molar-refractivity contribution in [2.75, 3.05) is 102 Å². The minimum Gasteiger partial charge on any atom is -0.464 e. The fraction of sp³-hybridized carbons (Fsp3) is 0.717. The minimum absolute atomic E-state index is 0.0221. The number of likely N-dealkylation sites (N-methyl/N-ethyl adjacent to an activating group) is 1. The van der Waals surface area contributed by atoms with Gasteiger partial charge in [-0.1, -0.05) is 40.5 Å². The first kappa shape index (κ1) is 52.9. The van der Waals surface area contributed by atoms with Gasteiger partial charge in [0.05, 0.1) is 48.6 Å². The van der Waals surface area contributed by atoms with Crippen molar-refractivity contribution in [1.29, 1.82) is 0 Å². The summed E-state index contributed by atoms with van der Waals surface area (Å²) in [5, 5.41) is 9.63. The van der Waals surface area contributed by atoms with E-state index in [4.69, 9.17) is 14.5 Å². The lowest BCUT2D eigenvalue weighted by atomic mass is 9.84. The second kappa shape index (κ2) is 21.3. The van der Waals surface area contributed by atoms with Crippen LogP contribution >= 0.6 is 0 Å². The van der Waals surface area contributed by atoms with Crippen LogP contribution in [0.25, 0.3) is 22.2 Å². The third kappa shape index (κ3) is 10.7. The van der Waals surface area contributed by atoms with Gasteiger partial charge < -0.3 is 39.0 Å². The topological polar surface area (TPSA) is 170 Å². The van der Waals surface area contributed by atoms with Gasteiger partial charge in [-0.05, 0) is 126 Å². The first-order chi connectivity index (χ1) is 37.1. The Balaban J connectivity index is 0.853. The van der Waals surface area contributed by atoms with E-state index in [0.717, 1.165) is 126 Å². The highest BCUT2D eigenvalue weighted by Crippen LogP contribution is 2.46. The Bertz CT molecular complexity index is 2710. The molecule has 9 aliphatic rings. The number of aryl methyl sites for hydroxylation is 1. The number of rotatable bonds is 10. The van der Waals surface area contributed by atoms with E-state index in [1.807, 2.05) is 0 Å². The number of hydrogen-bond acceptors (Lipinski definition) is 13. The van der Waals surface area contributed by atoms with Crippen molar-refractivity contribution in [3.63, 3.8) is 0 Å². The number of pyridine rings is 1. The number of nitrogens with one attached hydrogen (secondary N) is 3. The summed E-state index contributed by atoms with van der Waals surface area (Å²) in [5.74, 6) is 0.563. The molecule has 17 nitrogen and oxygen atoms in total. The molecule has 3 amide bonds. The fourth-order valence-corrected chi connectivity index (χ4v) is 14.9. The van der Waals surface area contributed by atoms with Crippen LogP contribution in [0.4, 0.5) is 11.4 Å². The quantitative estimate of drug-likeness (QED) is 0.171. The van der Waals surface area contributed by atoms with E-state index in [-0.39, 0.29) is 72.2 Å². The first-order valence-electron chi connectivity index (χ1n) is 29.9. The van der Waals surface area contributed by atoms with Crippen molar-refractivity contribution >= 4 is 46.0 Å². The number of aromatic nitrogens is 2. The van der Waals surface area contributed by atoms with E-state index in [0.29, 0.717) is 57.5 Å². The maximum Gasteiger partial charge on any atom is 0.324 e. The molecule has 1 aromatic carbocycles. The van der Waals surface area contributed by atoms with Crippen LogP contribution in [-0.2, 0) is 41.6 Å². The number of likely N-dealkylation sites (tertiary alicyclic amines) is 2. The molecule has 3 N–H and O–H groups in total. The number of hydrogen-bond donors (Lipinski definition) is 3. The number of piperazine rings is 1. The first-order valence-corrected chi connectivity index (χ1v) is 29.9. The Morgan fingerprint density at radius 2 is 1.69 bits per heavy atom. The summed E-state index contributed by atoms with van der Waals surface area (Å²) in [6.07, 6.45) is 12.3. The van der Waals surface area contributed by atoms with Crippen molar-refractivity contribution in [3.8, 4) is 11.3 Å². The number of esters is 1. The lowest BCUT2D eigenvalue weighted by Gasteiger charge is -2.39. The summed E-state index contributed by atoms with van der Waals surface area (Å²) >= 11 is 0. The summed E-state index contributed by atoms with van der Waals surface area (Å²) in [7, 11) is 2.19. The number of hydrazine groups is 1. The molecular weight excluding hydrogens is 971 g/mol. The number of anilines is 2. The normalized spacial score (nSPS) is 30.1. The molecule has 2 aromatic heterocycles. The molecule has 6 saturated heterocycles.